The Balaban J connectivity index is 1.89. The monoisotopic (exact) mass is 266 g/mol. The van der Waals surface area contributed by atoms with Gasteiger partial charge in [-0.2, -0.15) is 0 Å². The van der Waals surface area contributed by atoms with E-state index in [9.17, 15) is 9.59 Å². The molecule has 1 aliphatic heterocycles. The van der Waals surface area contributed by atoms with Crippen LogP contribution in [0.15, 0.2) is 17.1 Å². The van der Waals surface area contributed by atoms with E-state index in [1.807, 2.05) is 0 Å². The van der Waals surface area contributed by atoms with Crippen LogP contribution in [-0.4, -0.2) is 41.5 Å². The van der Waals surface area contributed by atoms with Crippen molar-refractivity contribution in [1.82, 2.24) is 9.88 Å². The number of carbonyl (C=O) groups excluding carboxylic acids is 2. The standard InChI is InChI=1S/C13H18N2O4/c1-2-19-13(17)10-4-3-5-15(7-10)12(16)6-11-8-18-9-14-11/h8-10H,2-7H2,1H3. The van der Waals surface area contributed by atoms with Crippen molar-refractivity contribution in [2.45, 2.75) is 26.2 Å². The minimum absolute atomic E-state index is 0.0251. The van der Waals surface area contributed by atoms with Gasteiger partial charge in [0, 0.05) is 13.1 Å². The molecule has 1 aromatic heterocycles. The molecular weight excluding hydrogens is 248 g/mol. The van der Waals surface area contributed by atoms with Crippen LogP contribution in [0.3, 0.4) is 0 Å². The fourth-order valence-electron chi connectivity index (χ4n) is 2.25. The second-order valence-electron chi connectivity index (χ2n) is 4.59. The molecule has 0 radical (unpaired) electrons. The van der Waals surface area contributed by atoms with Gasteiger partial charge in [-0.1, -0.05) is 0 Å². The van der Waals surface area contributed by atoms with Crippen molar-refractivity contribution >= 4 is 11.9 Å². The number of hydrogen-bond acceptors (Lipinski definition) is 5. The number of piperidine rings is 1. The lowest BCUT2D eigenvalue weighted by atomic mass is 9.98. The molecule has 1 aliphatic rings. The van der Waals surface area contributed by atoms with Gasteiger partial charge in [0.2, 0.25) is 5.91 Å². The molecule has 104 valence electrons. The third-order valence-corrected chi connectivity index (χ3v) is 3.21. The summed E-state index contributed by atoms with van der Waals surface area (Å²) in [5, 5.41) is 0. The molecule has 6 nitrogen and oxygen atoms in total. The first-order chi connectivity index (χ1) is 9.20. The van der Waals surface area contributed by atoms with Crippen LogP contribution in [0.5, 0.6) is 0 Å². The fourth-order valence-corrected chi connectivity index (χ4v) is 2.25. The Bertz CT molecular complexity index is 430. The molecule has 0 spiro atoms. The van der Waals surface area contributed by atoms with E-state index in [2.05, 4.69) is 4.98 Å². The highest BCUT2D eigenvalue weighted by molar-refractivity contribution is 5.80. The van der Waals surface area contributed by atoms with E-state index in [1.165, 1.54) is 12.7 Å². The highest BCUT2D eigenvalue weighted by atomic mass is 16.5. The van der Waals surface area contributed by atoms with Crippen molar-refractivity contribution in [3.63, 3.8) is 0 Å². The molecule has 2 heterocycles. The maximum Gasteiger partial charge on any atom is 0.310 e. The number of esters is 1. The van der Waals surface area contributed by atoms with Gasteiger partial charge < -0.3 is 14.1 Å². The average Bonchev–Trinajstić information content (AvgIpc) is 2.92. The summed E-state index contributed by atoms with van der Waals surface area (Å²) in [5.74, 6) is -0.431. The van der Waals surface area contributed by atoms with Crippen molar-refractivity contribution < 1.29 is 18.7 Å². The fraction of sp³-hybridized carbons (Fsp3) is 0.615. The van der Waals surface area contributed by atoms with Gasteiger partial charge in [0.15, 0.2) is 6.39 Å². The molecule has 2 rings (SSSR count). The molecule has 1 amide bonds. The number of hydrogen-bond donors (Lipinski definition) is 0. The third-order valence-electron chi connectivity index (χ3n) is 3.21. The molecule has 6 heteroatoms. The summed E-state index contributed by atoms with van der Waals surface area (Å²) in [4.78, 5) is 29.4. The van der Waals surface area contributed by atoms with Crippen molar-refractivity contribution in [3.05, 3.63) is 18.4 Å². The van der Waals surface area contributed by atoms with Gasteiger partial charge in [-0.05, 0) is 19.8 Å². The zero-order chi connectivity index (χ0) is 13.7. The van der Waals surface area contributed by atoms with E-state index in [0.717, 1.165) is 12.8 Å². The third kappa shape index (κ3) is 3.56. The van der Waals surface area contributed by atoms with E-state index in [-0.39, 0.29) is 24.2 Å². The smallest absolute Gasteiger partial charge is 0.310 e. The SMILES string of the molecule is CCOC(=O)C1CCCN(C(=O)Cc2cocn2)C1. The number of rotatable bonds is 4. The minimum Gasteiger partial charge on any atom is -0.466 e. The number of oxazole rings is 1. The predicted molar refractivity (Wildman–Crippen MR) is 66.1 cm³/mol. The van der Waals surface area contributed by atoms with E-state index in [0.29, 0.717) is 25.4 Å². The molecule has 0 N–H and O–H groups in total. The number of aromatic nitrogens is 1. The van der Waals surface area contributed by atoms with Crippen LogP contribution in [0.4, 0.5) is 0 Å². The van der Waals surface area contributed by atoms with Crippen LogP contribution in [-0.2, 0) is 20.7 Å². The molecule has 0 aliphatic carbocycles. The van der Waals surface area contributed by atoms with Gasteiger partial charge >= 0.3 is 5.97 Å². The van der Waals surface area contributed by atoms with Crippen LogP contribution in [0.2, 0.25) is 0 Å². The molecule has 1 aromatic rings. The minimum atomic E-state index is -0.207. The summed E-state index contributed by atoms with van der Waals surface area (Å²) in [6.07, 6.45) is 4.59. The van der Waals surface area contributed by atoms with Crippen LogP contribution >= 0.6 is 0 Å². The topological polar surface area (TPSA) is 72.6 Å². The van der Waals surface area contributed by atoms with E-state index < -0.39 is 0 Å². The molecule has 0 saturated carbocycles. The largest absolute Gasteiger partial charge is 0.466 e. The summed E-state index contributed by atoms with van der Waals surface area (Å²) < 4.78 is 9.85. The second kappa shape index (κ2) is 6.36. The van der Waals surface area contributed by atoms with Crippen LogP contribution in [0, 0.1) is 5.92 Å². The molecule has 1 fully saturated rings. The number of ether oxygens (including phenoxy) is 1. The van der Waals surface area contributed by atoms with Gasteiger partial charge in [-0.3, -0.25) is 9.59 Å². The lowest BCUT2D eigenvalue weighted by Gasteiger charge is -2.31. The van der Waals surface area contributed by atoms with Gasteiger partial charge in [0.1, 0.15) is 6.26 Å². The lowest BCUT2D eigenvalue weighted by Crippen LogP contribution is -2.43. The van der Waals surface area contributed by atoms with Gasteiger partial charge in [0.25, 0.3) is 0 Å². The average molecular weight is 266 g/mol. The quantitative estimate of drug-likeness (QED) is 0.761. The first-order valence-electron chi connectivity index (χ1n) is 6.52. The zero-order valence-corrected chi connectivity index (χ0v) is 11.0. The molecule has 1 saturated heterocycles. The molecule has 0 bridgehead atoms. The first-order valence-corrected chi connectivity index (χ1v) is 6.52. The molecular formula is C13H18N2O4. The Morgan fingerprint density at radius 1 is 1.58 bits per heavy atom. The van der Waals surface area contributed by atoms with Gasteiger partial charge in [0.05, 0.1) is 24.6 Å². The maximum absolute atomic E-state index is 12.1. The Morgan fingerprint density at radius 2 is 2.42 bits per heavy atom. The summed E-state index contributed by atoms with van der Waals surface area (Å²) in [6, 6.07) is 0. The maximum atomic E-state index is 12.1. The summed E-state index contributed by atoms with van der Waals surface area (Å²) in [7, 11) is 0. The number of nitrogens with zero attached hydrogens (tertiary/aromatic N) is 2. The molecule has 1 atom stereocenters. The molecule has 1 unspecified atom stereocenters. The highest BCUT2D eigenvalue weighted by Gasteiger charge is 2.29. The van der Waals surface area contributed by atoms with Crippen LogP contribution < -0.4 is 0 Å². The highest BCUT2D eigenvalue weighted by Crippen LogP contribution is 2.18. The number of amides is 1. The summed E-state index contributed by atoms with van der Waals surface area (Å²) in [6.45, 7) is 3.29. The summed E-state index contributed by atoms with van der Waals surface area (Å²) in [5.41, 5.74) is 0.614. The van der Waals surface area contributed by atoms with E-state index in [4.69, 9.17) is 9.15 Å². The lowest BCUT2D eigenvalue weighted by molar-refractivity contribution is -0.151. The first kappa shape index (κ1) is 13.6. The summed E-state index contributed by atoms with van der Waals surface area (Å²) >= 11 is 0. The van der Waals surface area contributed by atoms with E-state index >= 15 is 0 Å². The van der Waals surface area contributed by atoms with Gasteiger partial charge in [-0.15, -0.1) is 0 Å². The zero-order valence-electron chi connectivity index (χ0n) is 11.0. The normalized spacial score (nSPS) is 19.2. The van der Waals surface area contributed by atoms with E-state index in [1.54, 1.807) is 11.8 Å². The number of likely N-dealkylation sites (tertiary alicyclic amines) is 1. The Hall–Kier alpha value is -1.85. The Morgan fingerprint density at radius 3 is 3.11 bits per heavy atom. The predicted octanol–water partition coefficient (Wildman–Crippen LogP) is 1.02. The number of carbonyl (C=O) groups is 2. The van der Waals surface area contributed by atoms with Crippen LogP contribution in [0.1, 0.15) is 25.5 Å². The molecule has 0 aromatic carbocycles. The second-order valence-corrected chi connectivity index (χ2v) is 4.59. The van der Waals surface area contributed by atoms with Crippen molar-refractivity contribution in [1.29, 1.82) is 0 Å². The van der Waals surface area contributed by atoms with Crippen molar-refractivity contribution in [2.24, 2.45) is 5.92 Å². The van der Waals surface area contributed by atoms with Gasteiger partial charge in [-0.25, -0.2) is 4.98 Å². The molecule has 19 heavy (non-hydrogen) atoms. The Labute approximate surface area is 111 Å². The Kier molecular flexibility index (Phi) is 4.54. The van der Waals surface area contributed by atoms with Crippen LogP contribution in [0.25, 0.3) is 0 Å². The van der Waals surface area contributed by atoms with Crippen molar-refractivity contribution in [3.8, 4) is 0 Å². The van der Waals surface area contributed by atoms with Crippen molar-refractivity contribution in [2.75, 3.05) is 19.7 Å².